The van der Waals surface area contributed by atoms with Gasteiger partial charge in [0.25, 0.3) is 0 Å². The highest BCUT2D eigenvalue weighted by Crippen LogP contribution is 2.31. The lowest BCUT2D eigenvalue weighted by atomic mass is 10.0. The first kappa shape index (κ1) is 24.2. The Hall–Kier alpha value is -3.98. The minimum atomic E-state index is -1.29. The quantitative estimate of drug-likeness (QED) is 0.208. The summed E-state index contributed by atoms with van der Waals surface area (Å²) in [5.74, 6) is -1.94. The second-order valence-corrected chi connectivity index (χ2v) is 8.04. The second kappa shape index (κ2) is 11.0. The fourth-order valence-corrected chi connectivity index (χ4v) is 3.64. The molecule has 0 amide bonds. The largest absolute Gasteiger partial charge is 0.491 e. The van der Waals surface area contributed by atoms with Crippen LogP contribution in [0.15, 0.2) is 53.5 Å². The summed E-state index contributed by atoms with van der Waals surface area (Å²) in [6, 6.07) is 8.83. The highest BCUT2D eigenvalue weighted by atomic mass is 16.5. The first-order valence-corrected chi connectivity index (χ1v) is 11.5. The molecule has 35 heavy (non-hydrogen) atoms. The lowest BCUT2D eigenvalue weighted by Crippen LogP contribution is -2.28. The maximum absolute atomic E-state index is 13.3. The van der Waals surface area contributed by atoms with Crippen LogP contribution in [0.4, 0.5) is 5.69 Å². The van der Waals surface area contributed by atoms with Gasteiger partial charge in [-0.05, 0) is 55.3 Å². The Labute approximate surface area is 202 Å². The van der Waals surface area contributed by atoms with Gasteiger partial charge in [-0.2, -0.15) is 0 Å². The van der Waals surface area contributed by atoms with E-state index in [1.165, 1.54) is 0 Å². The Bertz CT molecular complexity index is 1290. The van der Waals surface area contributed by atoms with E-state index < -0.39 is 17.7 Å². The molecule has 1 fully saturated rings. The van der Waals surface area contributed by atoms with E-state index in [1.54, 1.807) is 42.7 Å². The van der Waals surface area contributed by atoms with Gasteiger partial charge in [0.2, 0.25) is 11.7 Å². The number of aromatic nitrogens is 2. The van der Waals surface area contributed by atoms with Crippen LogP contribution in [0.3, 0.4) is 0 Å². The molecule has 2 N–H and O–H groups in total. The number of aromatic amines is 1. The number of aliphatic hydroxyl groups excluding tert-OH is 1. The number of fused-ring (bicyclic) bond motifs is 1. The van der Waals surface area contributed by atoms with Crippen molar-refractivity contribution >= 4 is 40.4 Å². The number of aryl methyl sites for hydroxylation is 1. The number of unbranched alkanes of at least 4 members (excludes halogenated alkanes) is 1. The number of ketones is 1. The number of allylic oxidation sites excluding steroid dienone is 1. The average Bonchev–Trinajstić information content (AvgIpc) is 3.40. The Morgan fingerprint density at radius 1 is 1.31 bits per heavy atom. The summed E-state index contributed by atoms with van der Waals surface area (Å²) < 4.78 is 16.6. The summed E-state index contributed by atoms with van der Waals surface area (Å²) in [6.07, 6.45) is 6.52. The van der Waals surface area contributed by atoms with Crippen LogP contribution in [-0.2, 0) is 19.1 Å². The van der Waals surface area contributed by atoms with Crippen molar-refractivity contribution in [1.82, 2.24) is 9.97 Å². The number of rotatable bonds is 9. The van der Waals surface area contributed by atoms with Crippen molar-refractivity contribution in [3.8, 4) is 5.75 Å². The molecule has 1 atom stereocenters. The molecule has 0 bridgehead atoms. The van der Waals surface area contributed by atoms with E-state index in [2.05, 4.69) is 15.0 Å². The maximum atomic E-state index is 13.3. The van der Waals surface area contributed by atoms with Crippen molar-refractivity contribution in [2.45, 2.75) is 26.7 Å². The Balaban J connectivity index is 1.68. The first-order valence-electron chi connectivity index (χ1n) is 11.5. The van der Waals surface area contributed by atoms with Crippen LogP contribution in [0, 0.1) is 12.8 Å². The number of aliphatic hydroxyl groups is 1. The van der Waals surface area contributed by atoms with Gasteiger partial charge in [-0.25, -0.2) is 9.98 Å². The number of pyridine rings is 1. The molecule has 182 valence electrons. The zero-order valence-corrected chi connectivity index (χ0v) is 19.6. The van der Waals surface area contributed by atoms with Gasteiger partial charge in [0.15, 0.2) is 11.7 Å². The number of H-pyrrole nitrogens is 1. The van der Waals surface area contributed by atoms with Crippen LogP contribution in [0.5, 0.6) is 5.75 Å². The van der Waals surface area contributed by atoms with E-state index in [4.69, 9.17) is 19.3 Å². The number of carbonyl (C=O) groups is 2. The smallest absolute Gasteiger partial charge is 0.326 e. The van der Waals surface area contributed by atoms with Crippen LogP contribution in [-0.4, -0.2) is 52.5 Å². The Morgan fingerprint density at radius 2 is 2.17 bits per heavy atom. The molecule has 4 rings (SSSR count). The number of hydrogen-bond acceptors (Lipinski definition) is 8. The second-order valence-electron chi connectivity index (χ2n) is 8.04. The molecule has 1 saturated heterocycles. The molecule has 2 aromatic heterocycles. The zero-order valence-electron chi connectivity index (χ0n) is 19.6. The van der Waals surface area contributed by atoms with Crippen LogP contribution in [0.25, 0.3) is 17.1 Å². The average molecular weight is 478 g/mol. The summed E-state index contributed by atoms with van der Waals surface area (Å²) >= 11 is 0. The zero-order chi connectivity index (χ0) is 24.8. The standard InChI is InChI=1S/C26H27N3O6/c1-3-4-11-34-26(32)22-23(31)21(14-17-15-28-24-19(17)6-5-9-27-24)35-25(22)29-20-8-7-18(13-16(20)2)33-12-10-30/h5-9,13-15,22,30H,3-4,10-12H2,1-2H3,(H,27,28)/b21-14-,29-25?. The van der Waals surface area contributed by atoms with Crippen LogP contribution in [0.1, 0.15) is 30.9 Å². The number of ether oxygens (including phenoxy) is 3. The monoisotopic (exact) mass is 477 g/mol. The van der Waals surface area contributed by atoms with Gasteiger partial charge in [-0.1, -0.05) is 13.3 Å². The number of aliphatic imine (C=N–C) groups is 1. The minimum absolute atomic E-state index is 0.00602. The highest BCUT2D eigenvalue weighted by molar-refractivity contribution is 6.27. The molecule has 3 aromatic rings. The number of hydrogen-bond donors (Lipinski definition) is 2. The molecule has 0 aliphatic carbocycles. The van der Waals surface area contributed by atoms with Crippen molar-refractivity contribution in [3.05, 3.63) is 59.6 Å². The normalized spacial score (nSPS) is 17.8. The molecule has 0 spiro atoms. The van der Waals surface area contributed by atoms with Gasteiger partial charge in [0, 0.05) is 23.3 Å². The molecule has 1 aromatic carbocycles. The van der Waals surface area contributed by atoms with Gasteiger partial charge >= 0.3 is 5.97 Å². The van der Waals surface area contributed by atoms with Crippen molar-refractivity contribution in [1.29, 1.82) is 0 Å². The maximum Gasteiger partial charge on any atom is 0.326 e. The van der Waals surface area contributed by atoms with E-state index in [0.29, 0.717) is 29.1 Å². The minimum Gasteiger partial charge on any atom is -0.491 e. The number of esters is 1. The lowest BCUT2D eigenvalue weighted by molar-refractivity contribution is -0.148. The number of nitrogens with zero attached hydrogens (tertiary/aromatic N) is 2. The SMILES string of the molecule is CCCCOC(=O)C1C(=O)/C(=C/c2c[nH]c3ncccc23)OC1=Nc1ccc(OCCO)cc1C. The fourth-order valence-electron chi connectivity index (χ4n) is 3.64. The molecule has 1 unspecified atom stereocenters. The summed E-state index contributed by atoms with van der Waals surface area (Å²) in [4.78, 5) is 37.9. The molecule has 3 heterocycles. The topological polar surface area (TPSA) is 123 Å². The van der Waals surface area contributed by atoms with E-state index >= 15 is 0 Å². The number of carbonyl (C=O) groups excluding carboxylic acids is 2. The third-order valence-corrected chi connectivity index (χ3v) is 5.47. The molecule has 0 radical (unpaired) electrons. The van der Waals surface area contributed by atoms with Crippen molar-refractivity contribution in [2.24, 2.45) is 10.9 Å². The fraction of sp³-hybridized carbons (Fsp3) is 0.308. The van der Waals surface area contributed by atoms with Gasteiger partial charge < -0.3 is 24.3 Å². The van der Waals surface area contributed by atoms with Crippen molar-refractivity contribution < 1.29 is 28.9 Å². The first-order chi connectivity index (χ1) is 17.0. The predicted octanol–water partition coefficient (Wildman–Crippen LogP) is 3.87. The molecule has 9 heteroatoms. The van der Waals surface area contributed by atoms with Gasteiger partial charge in [0.05, 0.1) is 18.9 Å². The number of benzene rings is 1. The van der Waals surface area contributed by atoms with Gasteiger partial charge in [-0.3, -0.25) is 9.59 Å². The number of Topliss-reactive ketones (excluding diaryl/α,β-unsaturated/α-hetero) is 1. The van der Waals surface area contributed by atoms with E-state index in [1.807, 2.05) is 19.9 Å². The van der Waals surface area contributed by atoms with E-state index in [-0.39, 0.29) is 31.5 Å². The van der Waals surface area contributed by atoms with Crippen LogP contribution >= 0.6 is 0 Å². The molecular formula is C26H27N3O6. The van der Waals surface area contributed by atoms with Crippen molar-refractivity contribution in [3.63, 3.8) is 0 Å². The van der Waals surface area contributed by atoms with E-state index in [0.717, 1.165) is 17.4 Å². The Kier molecular flexibility index (Phi) is 7.57. The van der Waals surface area contributed by atoms with Crippen molar-refractivity contribution in [2.75, 3.05) is 19.8 Å². The lowest BCUT2D eigenvalue weighted by Gasteiger charge is -2.10. The molecule has 0 saturated carbocycles. The van der Waals surface area contributed by atoms with Gasteiger partial charge in [-0.15, -0.1) is 0 Å². The van der Waals surface area contributed by atoms with Crippen LogP contribution in [0.2, 0.25) is 0 Å². The summed E-state index contributed by atoms with van der Waals surface area (Å²) in [5, 5.41) is 9.77. The summed E-state index contributed by atoms with van der Waals surface area (Å²) in [7, 11) is 0. The van der Waals surface area contributed by atoms with Crippen LogP contribution < -0.4 is 4.74 Å². The summed E-state index contributed by atoms with van der Waals surface area (Å²) in [6.45, 7) is 4.11. The third-order valence-electron chi connectivity index (χ3n) is 5.47. The summed E-state index contributed by atoms with van der Waals surface area (Å²) in [5.41, 5.74) is 2.65. The highest BCUT2D eigenvalue weighted by Gasteiger charge is 2.45. The molecule has 1 aliphatic heterocycles. The Morgan fingerprint density at radius 3 is 2.94 bits per heavy atom. The van der Waals surface area contributed by atoms with E-state index in [9.17, 15) is 9.59 Å². The van der Waals surface area contributed by atoms with Gasteiger partial charge in [0.1, 0.15) is 18.0 Å². The molecule has 9 nitrogen and oxygen atoms in total. The number of nitrogens with one attached hydrogen (secondary N) is 1. The molecular weight excluding hydrogens is 450 g/mol. The third kappa shape index (κ3) is 5.41. The molecule has 1 aliphatic rings. The predicted molar refractivity (Wildman–Crippen MR) is 130 cm³/mol.